The van der Waals surface area contributed by atoms with Crippen molar-refractivity contribution in [3.05, 3.63) is 29.8 Å². The van der Waals surface area contributed by atoms with E-state index in [-0.39, 0.29) is 5.91 Å². The van der Waals surface area contributed by atoms with Gasteiger partial charge in [-0.2, -0.15) is 0 Å². The molecule has 5 nitrogen and oxygen atoms in total. The van der Waals surface area contributed by atoms with E-state index in [2.05, 4.69) is 17.6 Å². The first-order chi connectivity index (χ1) is 10.7. The fraction of sp³-hybridized carbons (Fsp3) is 0.556. The van der Waals surface area contributed by atoms with Crippen LogP contribution in [0.1, 0.15) is 52.5 Å². The van der Waals surface area contributed by atoms with Gasteiger partial charge in [0.05, 0.1) is 0 Å². The fourth-order valence-corrected chi connectivity index (χ4v) is 2.51. The molecule has 0 saturated heterocycles. The van der Waals surface area contributed by atoms with Crippen LogP contribution in [0.4, 0.5) is 10.5 Å². The van der Waals surface area contributed by atoms with E-state index in [0.717, 1.165) is 18.5 Å². The summed E-state index contributed by atoms with van der Waals surface area (Å²) in [6.07, 6.45) is 2.58. The van der Waals surface area contributed by atoms with Crippen LogP contribution in [-0.4, -0.2) is 23.1 Å². The number of rotatable bonds is 4. The van der Waals surface area contributed by atoms with E-state index in [1.807, 2.05) is 24.3 Å². The Morgan fingerprint density at radius 2 is 1.78 bits per heavy atom. The molecule has 1 aromatic rings. The molecule has 1 aliphatic carbocycles. The average molecular weight is 318 g/mol. The maximum absolute atomic E-state index is 12.6. The van der Waals surface area contributed by atoms with E-state index < -0.39 is 17.2 Å². The maximum atomic E-state index is 12.6. The van der Waals surface area contributed by atoms with Crippen molar-refractivity contribution < 1.29 is 14.3 Å². The number of aryl methyl sites for hydroxylation is 1. The molecule has 0 atom stereocenters. The Balaban J connectivity index is 2.01. The van der Waals surface area contributed by atoms with Gasteiger partial charge in [-0.05, 0) is 64.2 Å². The Hall–Kier alpha value is -2.04. The highest BCUT2D eigenvalue weighted by Crippen LogP contribution is 2.33. The van der Waals surface area contributed by atoms with Crippen molar-refractivity contribution in [3.8, 4) is 0 Å². The van der Waals surface area contributed by atoms with E-state index in [9.17, 15) is 9.59 Å². The van der Waals surface area contributed by atoms with Gasteiger partial charge in [-0.1, -0.05) is 19.1 Å². The predicted molar refractivity (Wildman–Crippen MR) is 90.4 cm³/mol. The summed E-state index contributed by atoms with van der Waals surface area (Å²) < 4.78 is 5.27. The smallest absolute Gasteiger partial charge is 0.408 e. The molecule has 0 unspecified atom stereocenters. The largest absolute Gasteiger partial charge is 0.444 e. The predicted octanol–water partition coefficient (Wildman–Crippen LogP) is 3.63. The summed E-state index contributed by atoms with van der Waals surface area (Å²) in [6, 6.07) is 7.75. The minimum atomic E-state index is -0.855. The number of carbonyl (C=O) groups excluding carboxylic acids is 2. The molecule has 0 heterocycles. The van der Waals surface area contributed by atoms with Gasteiger partial charge in [0.2, 0.25) is 5.91 Å². The molecule has 0 aromatic heterocycles. The summed E-state index contributed by atoms with van der Waals surface area (Å²) in [7, 11) is 0. The second kappa shape index (κ2) is 6.60. The average Bonchev–Trinajstić information content (AvgIpc) is 2.41. The lowest BCUT2D eigenvalue weighted by Crippen LogP contribution is -2.61. The van der Waals surface area contributed by atoms with Crippen molar-refractivity contribution in [2.45, 2.75) is 64.5 Å². The maximum Gasteiger partial charge on any atom is 0.408 e. The summed E-state index contributed by atoms with van der Waals surface area (Å²) >= 11 is 0. The van der Waals surface area contributed by atoms with Crippen LogP contribution in [0.2, 0.25) is 0 Å². The molecule has 0 aliphatic heterocycles. The van der Waals surface area contributed by atoms with Crippen molar-refractivity contribution in [1.82, 2.24) is 5.32 Å². The van der Waals surface area contributed by atoms with Gasteiger partial charge < -0.3 is 15.4 Å². The van der Waals surface area contributed by atoms with Crippen molar-refractivity contribution in [2.24, 2.45) is 0 Å². The van der Waals surface area contributed by atoms with E-state index in [1.54, 1.807) is 20.8 Å². The Kier molecular flexibility index (Phi) is 4.97. The SMILES string of the molecule is CCc1ccc(NC(=O)C2(NC(=O)OC(C)(C)C)CCC2)cc1. The summed E-state index contributed by atoms with van der Waals surface area (Å²) in [5.74, 6) is -0.182. The summed E-state index contributed by atoms with van der Waals surface area (Å²) in [6.45, 7) is 7.49. The molecule has 2 rings (SSSR count). The second-order valence-electron chi connectivity index (χ2n) is 7.07. The molecule has 126 valence electrons. The van der Waals surface area contributed by atoms with E-state index in [1.165, 1.54) is 5.56 Å². The number of anilines is 1. The Morgan fingerprint density at radius 1 is 1.17 bits per heavy atom. The first-order valence-corrected chi connectivity index (χ1v) is 8.16. The monoisotopic (exact) mass is 318 g/mol. The lowest BCUT2D eigenvalue weighted by Gasteiger charge is -2.40. The van der Waals surface area contributed by atoms with Gasteiger partial charge in [-0.15, -0.1) is 0 Å². The van der Waals surface area contributed by atoms with Crippen LogP contribution in [0.5, 0.6) is 0 Å². The highest BCUT2D eigenvalue weighted by atomic mass is 16.6. The van der Waals surface area contributed by atoms with Crippen molar-refractivity contribution in [2.75, 3.05) is 5.32 Å². The van der Waals surface area contributed by atoms with Crippen LogP contribution >= 0.6 is 0 Å². The molecule has 0 spiro atoms. The van der Waals surface area contributed by atoms with Crippen LogP contribution in [-0.2, 0) is 16.0 Å². The molecule has 2 amide bonds. The van der Waals surface area contributed by atoms with Crippen LogP contribution in [0.25, 0.3) is 0 Å². The number of alkyl carbamates (subject to hydrolysis) is 1. The number of nitrogens with one attached hydrogen (secondary N) is 2. The number of hydrogen-bond donors (Lipinski definition) is 2. The van der Waals surface area contributed by atoms with Crippen LogP contribution in [0.15, 0.2) is 24.3 Å². The molecular weight excluding hydrogens is 292 g/mol. The number of ether oxygens (including phenoxy) is 1. The normalized spacial score (nSPS) is 16.2. The van der Waals surface area contributed by atoms with Gasteiger partial charge >= 0.3 is 6.09 Å². The Morgan fingerprint density at radius 3 is 2.22 bits per heavy atom. The van der Waals surface area contributed by atoms with Gasteiger partial charge in [0.25, 0.3) is 0 Å². The molecule has 2 N–H and O–H groups in total. The van der Waals surface area contributed by atoms with Crippen molar-refractivity contribution in [3.63, 3.8) is 0 Å². The van der Waals surface area contributed by atoms with Crippen LogP contribution < -0.4 is 10.6 Å². The van der Waals surface area contributed by atoms with Gasteiger partial charge in [-0.25, -0.2) is 4.79 Å². The van der Waals surface area contributed by atoms with Crippen molar-refractivity contribution in [1.29, 1.82) is 0 Å². The van der Waals surface area contributed by atoms with Gasteiger partial charge in [0.15, 0.2) is 0 Å². The first-order valence-electron chi connectivity index (χ1n) is 8.16. The quantitative estimate of drug-likeness (QED) is 0.890. The summed E-state index contributed by atoms with van der Waals surface area (Å²) in [5, 5.41) is 5.65. The molecule has 1 fully saturated rings. The topological polar surface area (TPSA) is 67.4 Å². The van der Waals surface area contributed by atoms with E-state index >= 15 is 0 Å². The van der Waals surface area contributed by atoms with Gasteiger partial charge in [0, 0.05) is 5.69 Å². The van der Waals surface area contributed by atoms with E-state index in [0.29, 0.717) is 12.8 Å². The number of benzene rings is 1. The van der Waals surface area contributed by atoms with Crippen LogP contribution in [0, 0.1) is 0 Å². The summed E-state index contributed by atoms with van der Waals surface area (Å²) in [5.41, 5.74) is 0.519. The van der Waals surface area contributed by atoms with Gasteiger partial charge in [-0.3, -0.25) is 4.79 Å². The molecule has 0 bridgehead atoms. The molecule has 5 heteroatoms. The first kappa shape index (κ1) is 17.3. The second-order valence-corrected chi connectivity index (χ2v) is 7.07. The fourth-order valence-electron chi connectivity index (χ4n) is 2.51. The lowest BCUT2D eigenvalue weighted by atomic mass is 9.76. The molecular formula is C18H26N2O3. The molecule has 1 saturated carbocycles. The standard InChI is InChI=1S/C18H26N2O3/c1-5-13-7-9-14(10-8-13)19-15(21)18(11-6-12-18)20-16(22)23-17(2,3)4/h7-10H,5-6,11-12H2,1-4H3,(H,19,21)(H,20,22). The minimum Gasteiger partial charge on any atom is -0.444 e. The number of carbonyl (C=O) groups is 2. The zero-order valence-corrected chi connectivity index (χ0v) is 14.4. The minimum absolute atomic E-state index is 0.182. The zero-order chi connectivity index (χ0) is 17.1. The lowest BCUT2D eigenvalue weighted by molar-refractivity contribution is -0.125. The summed E-state index contributed by atoms with van der Waals surface area (Å²) in [4.78, 5) is 24.6. The number of amides is 2. The Labute approximate surface area is 137 Å². The third-order valence-corrected chi connectivity index (χ3v) is 4.00. The highest BCUT2D eigenvalue weighted by Gasteiger charge is 2.46. The van der Waals surface area contributed by atoms with Crippen LogP contribution in [0.3, 0.4) is 0 Å². The molecule has 0 radical (unpaired) electrons. The highest BCUT2D eigenvalue weighted by molar-refractivity contribution is 6.00. The number of hydrogen-bond acceptors (Lipinski definition) is 3. The molecule has 23 heavy (non-hydrogen) atoms. The third-order valence-electron chi connectivity index (χ3n) is 4.00. The Bertz CT molecular complexity index is 569. The van der Waals surface area contributed by atoms with Gasteiger partial charge in [0.1, 0.15) is 11.1 Å². The zero-order valence-electron chi connectivity index (χ0n) is 14.4. The molecule has 1 aliphatic rings. The van der Waals surface area contributed by atoms with E-state index in [4.69, 9.17) is 4.74 Å². The van der Waals surface area contributed by atoms with Crippen molar-refractivity contribution >= 4 is 17.7 Å². The molecule has 1 aromatic carbocycles. The third kappa shape index (κ3) is 4.47.